The molecule has 0 aliphatic carbocycles. The largest absolute Gasteiger partial charge is 0.497 e. The Bertz CT molecular complexity index is 1230. The fourth-order valence-corrected chi connectivity index (χ4v) is 6.40. The van der Waals surface area contributed by atoms with Crippen molar-refractivity contribution >= 4 is 32.6 Å². The third kappa shape index (κ3) is 4.08. The predicted molar refractivity (Wildman–Crippen MR) is 137 cm³/mol. The number of aliphatic hydroxyl groups excluding tert-OH is 1. The second-order valence-electron chi connectivity index (χ2n) is 9.69. The number of carbonyl (C=O) groups excluding carboxylic acids is 1. The molecule has 3 fully saturated rings. The number of piperidine rings is 3. The van der Waals surface area contributed by atoms with Crippen LogP contribution in [0.25, 0.3) is 10.9 Å². The van der Waals surface area contributed by atoms with Crippen molar-refractivity contribution in [2.75, 3.05) is 26.7 Å². The molecule has 1 N–H and O–H groups in total. The number of carbonyl (C=O) groups is 1. The van der Waals surface area contributed by atoms with Gasteiger partial charge in [0.1, 0.15) is 24.4 Å². The van der Waals surface area contributed by atoms with E-state index in [1.165, 1.54) is 0 Å². The van der Waals surface area contributed by atoms with Crippen molar-refractivity contribution < 1.29 is 19.1 Å². The van der Waals surface area contributed by atoms with Gasteiger partial charge >= 0.3 is 0 Å². The number of ketones is 1. The Balaban J connectivity index is 1.53. The fraction of sp³-hybridized carbons (Fsp3) is 0.357. The SMILES string of the molecule is C=C[C@H]1C[N+]2(CC(=O)c3ccc(Br)cc3)CC[C@H]1C[C@H]2[C@@H](O)c1ccnc2ccc(OC)cc12. The summed E-state index contributed by atoms with van der Waals surface area (Å²) < 4.78 is 6.99. The molecule has 0 spiro atoms. The van der Waals surface area contributed by atoms with E-state index in [2.05, 4.69) is 33.6 Å². The molecule has 3 aliphatic rings. The predicted octanol–water partition coefficient (Wildman–Crippen LogP) is 5.33. The highest BCUT2D eigenvalue weighted by Crippen LogP contribution is 2.47. The molecule has 5 atom stereocenters. The van der Waals surface area contributed by atoms with Crippen molar-refractivity contribution in [3.05, 3.63) is 83.0 Å². The lowest BCUT2D eigenvalue weighted by Crippen LogP contribution is -2.69. The van der Waals surface area contributed by atoms with Gasteiger partial charge in [0.25, 0.3) is 0 Å². The Hall–Kier alpha value is -2.54. The molecule has 34 heavy (non-hydrogen) atoms. The Labute approximate surface area is 208 Å². The first-order valence-corrected chi connectivity index (χ1v) is 12.6. The van der Waals surface area contributed by atoms with Crippen molar-refractivity contribution in [2.45, 2.75) is 25.0 Å². The van der Waals surface area contributed by atoms with E-state index in [1.54, 1.807) is 13.3 Å². The number of rotatable bonds is 7. The number of aromatic nitrogens is 1. The van der Waals surface area contributed by atoms with E-state index in [0.717, 1.165) is 52.6 Å². The molecule has 176 valence electrons. The maximum absolute atomic E-state index is 13.4. The van der Waals surface area contributed by atoms with Crippen molar-refractivity contribution in [3.63, 3.8) is 0 Å². The Kier molecular flexibility index (Phi) is 6.32. The number of methoxy groups -OCH3 is 1. The Morgan fingerprint density at radius 3 is 2.82 bits per heavy atom. The zero-order valence-corrected chi connectivity index (χ0v) is 20.9. The molecule has 4 heterocycles. The standard InChI is InChI=1S/C28H30BrN2O3/c1-3-18-16-31(17-27(32)19-4-6-21(29)7-5-19)13-11-20(18)14-26(31)28(33)23-10-12-30-25-9-8-22(34-2)15-24(23)25/h3-10,12,15,18,20,26,28,33H,1,11,13-14,16-17H2,2H3/q+1/t18-,20-,26-,28-,31?/m0/s1. The zero-order valence-electron chi connectivity index (χ0n) is 19.4. The number of quaternary nitrogens is 1. The molecule has 3 saturated heterocycles. The molecule has 0 saturated carbocycles. The average molecular weight is 522 g/mol. The lowest BCUT2D eigenvalue weighted by Gasteiger charge is -2.57. The van der Waals surface area contributed by atoms with Gasteiger partial charge in [-0.05, 0) is 47.9 Å². The summed E-state index contributed by atoms with van der Waals surface area (Å²) in [6.45, 7) is 6.20. The molecule has 5 nitrogen and oxygen atoms in total. The molecule has 2 aromatic carbocycles. The second-order valence-corrected chi connectivity index (χ2v) is 10.6. The highest BCUT2D eigenvalue weighted by atomic mass is 79.9. The number of aliphatic hydroxyl groups is 1. The van der Waals surface area contributed by atoms with E-state index in [0.29, 0.717) is 28.4 Å². The van der Waals surface area contributed by atoms with Crippen LogP contribution in [0.2, 0.25) is 0 Å². The molecule has 3 aliphatic heterocycles. The summed E-state index contributed by atoms with van der Waals surface area (Å²) in [7, 11) is 1.64. The summed E-state index contributed by atoms with van der Waals surface area (Å²) in [5.41, 5.74) is 2.39. The highest BCUT2D eigenvalue weighted by molar-refractivity contribution is 9.10. The van der Waals surface area contributed by atoms with Gasteiger partial charge in [0, 0.05) is 40.4 Å². The minimum Gasteiger partial charge on any atom is -0.497 e. The van der Waals surface area contributed by atoms with Crippen molar-refractivity contribution in [1.82, 2.24) is 4.98 Å². The molecule has 1 unspecified atom stereocenters. The van der Waals surface area contributed by atoms with Crippen LogP contribution in [-0.4, -0.2) is 53.1 Å². The Morgan fingerprint density at radius 2 is 2.09 bits per heavy atom. The van der Waals surface area contributed by atoms with Gasteiger partial charge in [-0.2, -0.15) is 0 Å². The maximum atomic E-state index is 13.4. The van der Waals surface area contributed by atoms with Crippen LogP contribution in [0, 0.1) is 11.8 Å². The van der Waals surface area contributed by atoms with E-state index < -0.39 is 6.10 Å². The normalized spacial score (nSPS) is 26.9. The van der Waals surface area contributed by atoms with Crippen molar-refractivity contribution in [1.29, 1.82) is 0 Å². The summed E-state index contributed by atoms with van der Waals surface area (Å²) in [6, 6.07) is 15.2. The van der Waals surface area contributed by atoms with Crippen LogP contribution in [0.1, 0.15) is 34.9 Å². The number of benzene rings is 2. The van der Waals surface area contributed by atoms with Crippen LogP contribution >= 0.6 is 15.9 Å². The van der Waals surface area contributed by atoms with Crippen molar-refractivity contribution in [2.24, 2.45) is 11.8 Å². The molecule has 1 aromatic heterocycles. The first-order chi connectivity index (χ1) is 16.4. The highest BCUT2D eigenvalue weighted by Gasteiger charge is 2.54. The van der Waals surface area contributed by atoms with Crippen LogP contribution in [-0.2, 0) is 0 Å². The minimum atomic E-state index is -0.705. The van der Waals surface area contributed by atoms with E-state index >= 15 is 0 Å². The number of nitrogens with zero attached hydrogens (tertiary/aromatic N) is 2. The van der Waals surface area contributed by atoms with Crippen LogP contribution in [0.4, 0.5) is 0 Å². The summed E-state index contributed by atoms with van der Waals surface area (Å²) >= 11 is 3.45. The monoisotopic (exact) mass is 521 g/mol. The van der Waals surface area contributed by atoms with Crippen molar-refractivity contribution in [3.8, 4) is 5.75 Å². The first-order valence-electron chi connectivity index (χ1n) is 11.8. The van der Waals surface area contributed by atoms with Gasteiger partial charge in [0.15, 0.2) is 0 Å². The van der Waals surface area contributed by atoms with Crippen LogP contribution < -0.4 is 4.74 Å². The summed E-state index contributed by atoms with van der Waals surface area (Å²) in [6.07, 6.45) is 5.03. The second kappa shape index (κ2) is 9.25. The smallest absolute Gasteiger partial charge is 0.216 e. The molecule has 6 rings (SSSR count). The molecule has 2 bridgehead atoms. The van der Waals surface area contributed by atoms with Gasteiger partial charge in [0.05, 0.1) is 25.7 Å². The van der Waals surface area contributed by atoms with Crippen LogP contribution in [0.15, 0.2) is 71.9 Å². The van der Waals surface area contributed by atoms with Gasteiger partial charge in [0.2, 0.25) is 5.78 Å². The van der Waals surface area contributed by atoms with Crippen LogP contribution in [0.5, 0.6) is 5.75 Å². The topological polar surface area (TPSA) is 59.4 Å². The lowest BCUT2D eigenvalue weighted by molar-refractivity contribution is -0.966. The van der Waals surface area contributed by atoms with Crippen LogP contribution in [0.3, 0.4) is 0 Å². The average Bonchev–Trinajstić information content (AvgIpc) is 2.87. The summed E-state index contributed by atoms with van der Waals surface area (Å²) in [5.74, 6) is 1.71. The number of fused-ring (bicyclic) bond motifs is 4. The molecule has 6 heteroatoms. The Morgan fingerprint density at radius 1 is 1.29 bits per heavy atom. The van der Waals surface area contributed by atoms with Gasteiger partial charge < -0.3 is 14.3 Å². The van der Waals surface area contributed by atoms with Gasteiger partial charge in [-0.1, -0.05) is 34.1 Å². The van der Waals surface area contributed by atoms with Gasteiger partial charge in [-0.25, -0.2) is 0 Å². The number of pyridine rings is 1. The maximum Gasteiger partial charge on any atom is 0.216 e. The van der Waals surface area contributed by atoms with Gasteiger partial charge in [-0.15, -0.1) is 6.58 Å². The first kappa shape index (κ1) is 23.2. The third-order valence-corrected chi connectivity index (χ3v) is 8.49. The molecule has 0 amide bonds. The zero-order chi connectivity index (χ0) is 23.9. The van der Waals surface area contributed by atoms with E-state index in [-0.39, 0.29) is 11.8 Å². The molecule has 0 radical (unpaired) electrons. The van der Waals surface area contributed by atoms with E-state index in [4.69, 9.17) is 4.74 Å². The fourth-order valence-electron chi connectivity index (χ4n) is 6.13. The number of halogens is 1. The molecular formula is C28H30BrN2O3+. The summed E-state index contributed by atoms with van der Waals surface area (Å²) in [5, 5.41) is 12.7. The third-order valence-electron chi connectivity index (χ3n) is 7.97. The minimum absolute atomic E-state index is 0.0638. The number of ether oxygens (including phenoxy) is 1. The van der Waals surface area contributed by atoms with E-state index in [9.17, 15) is 9.90 Å². The van der Waals surface area contributed by atoms with Gasteiger partial charge in [-0.3, -0.25) is 9.78 Å². The quantitative estimate of drug-likeness (QED) is 0.259. The molecular weight excluding hydrogens is 492 g/mol. The number of hydrogen-bond acceptors (Lipinski definition) is 4. The molecule has 3 aromatic rings. The summed E-state index contributed by atoms with van der Waals surface area (Å²) in [4.78, 5) is 17.9. The number of hydrogen-bond donors (Lipinski definition) is 1. The number of Topliss-reactive ketones (excluding diaryl/α,β-unsaturated/α-hetero) is 1. The van der Waals surface area contributed by atoms with E-state index in [1.807, 2.05) is 48.5 Å². The lowest BCUT2D eigenvalue weighted by atomic mass is 9.71.